The third-order valence-corrected chi connectivity index (χ3v) is 5.83. The zero-order valence-corrected chi connectivity index (χ0v) is 20.5. The molecule has 4 aromatic rings. The van der Waals surface area contributed by atoms with E-state index in [-0.39, 0.29) is 17.2 Å². The summed E-state index contributed by atoms with van der Waals surface area (Å²) in [4.78, 5) is 15.3. The van der Waals surface area contributed by atoms with Gasteiger partial charge in [0.15, 0.2) is 12.1 Å². The molecule has 5 N–H and O–H groups in total. The van der Waals surface area contributed by atoms with Gasteiger partial charge in [0.1, 0.15) is 11.5 Å². The summed E-state index contributed by atoms with van der Waals surface area (Å²) in [5.74, 6) is 0.749. The summed E-state index contributed by atoms with van der Waals surface area (Å²) >= 11 is 7.41. The van der Waals surface area contributed by atoms with E-state index in [1.54, 1.807) is 12.1 Å². The van der Waals surface area contributed by atoms with Crippen molar-refractivity contribution in [3.63, 3.8) is 0 Å². The van der Waals surface area contributed by atoms with Gasteiger partial charge in [-0.3, -0.25) is 9.89 Å². The minimum atomic E-state index is -4.58. The van der Waals surface area contributed by atoms with Crippen LogP contribution in [0, 0.1) is 0 Å². The number of alkyl halides is 3. The van der Waals surface area contributed by atoms with Gasteiger partial charge in [-0.1, -0.05) is 41.9 Å². The van der Waals surface area contributed by atoms with E-state index in [1.807, 2.05) is 36.4 Å². The van der Waals surface area contributed by atoms with Crippen molar-refractivity contribution in [3.05, 3.63) is 88.6 Å². The number of aromatic nitrogens is 3. The fraction of sp³-hybridized carbons (Fsp3) is 0.125. The van der Waals surface area contributed by atoms with Gasteiger partial charge in [0, 0.05) is 22.0 Å². The number of H-pyrrole nitrogens is 1. The highest BCUT2D eigenvalue weighted by atomic mass is 35.5. The predicted octanol–water partition coefficient (Wildman–Crippen LogP) is 6.54. The lowest BCUT2D eigenvalue weighted by molar-refractivity contribution is -0.141. The van der Waals surface area contributed by atoms with Crippen LogP contribution in [0.1, 0.15) is 21.6 Å². The Morgan fingerprint density at radius 2 is 1.75 bits per heavy atom. The van der Waals surface area contributed by atoms with Gasteiger partial charge >= 0.3 is 6.18 Å². The Bertz CT molecular complexity index is 1280. The molecule has 4 rings (SSSR count). The molecule has 36 heavy (non-hydrogen) atoms. The van der Waals surface area contributed by atoms with Crippen LogP contribution in [0.2, 0.25) is 5.02 Å². The normalized spacial score (nSPS) is 10.8. The van der Waals surface area contributed by atoms with Gasteiger partial charge < -0.3 is 15.8 Å². The van der Waals surface area contributed by atoms with Crippen LogP contribution in [0.15, 0.2) is 66.7 Å². The van der Waals surface area contributed by atoms with E-state index in [2.05, 4.69) is 31.0 Å². The Hall–Kier alpha value is -3.54. The molecule has 0 aliphatic carbocycles. The van der Waals surface area contributed by atoms with E-state index >= 15 is 0 Å². The number of pyridine rings is 1. The molecule has 2 aromatic heterocycles. The van der Waals surface area contributed by atoms with Crippen molar-refractivity contribution in [2.24, 2.45) is 5.73 Å². The number of anilines is 3. The number of carbonyl (C=O) groups is 1. The molecule has 12 heteroatoms. The van der Waals surface area contributed by atoms with E-state index in [0.29, 0.717) is 22.6 Å². The number of benzene rings is 2. The molecule has 0 radical (unpaired) electrons. The average Bonchev–Trinajstić information content (AvgIpc) is 3.29. The second kappa shape index (κ2) is 12.4. The fourth-order valence-electron chi connectivity index (χ4n) is 3.05. The van der Waals surface area contributed by atoms with Crippen LogP contribution in [0.25, 0.3) is 11.3 Å². The summed E-state index contributed by atoms with van der Waals surface area (Å²) in [6.07, 6.45) is -3.99. The zero-order valence-electron chi connectivity index (χ0n) is 18.9. The number of nitrogens with two attached hydrogens (primary N) is 1. The third kappa shape index (κ3) is 7.00. The Morgan fingerprint density at radius 1 is 1.06 bits per heavy atom. The first-order valence-corrected chi connectivity index (χ1v) is 11.8. The quantitative estimate of drug-likeness (QED) is 0.150. The molecular formula is C24H22ClF3N6OS. The predicted molar refractivity (Wildman–Crippen MR) is 138 cm³/mol. The number of hydrogen-bond acceptors (Lipinski definition) is 7. The van der Waals surface area contributed by atoms with E-state index in [9.17, 15) is 18.0 Å². The molecule has 0 fully saturated rings. The first kappa shape index (κ1) is 27.1. The smallest absolute Gasteiger partial charge is 0.333 e. The third-order valence-electron chi connectivity index (χ3n) is 4.72. The highest BCUT2D eigenvalue weighted by Gasteiger charge is 2.32. The lowest BCUT2D eigenvalue weighted by Gasteiger charge is -2.08. The van der Waals surface area contributed by atoms with Crippen LogP contribution < -0.4 is 15.8 Å². The molecule has 2 aromatic carbocycles. The molecule has 0 aliphatic heterocycles. The van der Waals surface area contributed by atoms with Gasteiger partial charge in [0.05, 0.1) is 11.3 Å². The van der Waals surface area contributed by atoms with Gasteiger partial charge in [-0.2, -0.15) is 18.3 Å². The summed E-state index contributed by atoms with van der Waals surface area (Å²) in [6, 6.07) is 18.4. The van der Waals surface area contributed by atoms with Crippen molar-refractivity contribution in [1.29, 1.82) is 0 Å². The van der Waals surface area contributed by atoms with Crippen LogP contribution in [0.5, 0.6) is 0 Å². The SMILES string of the molecule is CN.O=Cc1c(Nc2cccc(C(F)(F)F)n2)n[nH]c1-c1ccc(NSCc2ccc(Cl)cc2)cc1. The van der Waals surface area contributed by atoms with Gasteiger partial charge in [-0.15, -0.1) is 0 Å². The molecule has 0 amide bonds. The van der Waals surface area contributed by atoms with E-state index in [4.69, 9.17) is 11.6 Å². The van der Waals surface area contributed by atoms with Crippen LogP contribution >= 0.6 is 23.5 Å². The summed E-state index contributed by atoms with van der Waals surface area (Å²) in [5.41, 5.74) is 6.75. The van der Waals surface area contributed by atoms with Crippen molar-refractivity contribution in [3.8, 4) is 11.3 Å². The topological polar surface area (TPSA) is 109 Å². The number of hydrogen-bond donors (Lipinski definition) is 4. The number of aromatic amines is 1. The van der Waals surface area contributed by atoms with Crippen LogP contribution in [-0.2, 0) is 11.9 Å². The van der Waals surface area contributed by atoms with Crippen LogP contribution in [0.4, 0.5) is 30.5 Å². The largest absolute Gasteiger partial charge is 0.433 e. The van der Waals surface area contributed by atoms with E-state index in [0.717, 1.165) is 23.1 Å². The van der Waals surface area contributed by atoms with Gasteiger partial charge in [-0.05, 0) is 61.0 Å². The number of carbonyl (C=O) groups excluding carboxylic acids is 1. The molecule has 0 spiro atoms. The molecule has 0 saturated carbocycles. The van der Waals surface area contributed by atoms with Crippen molar-refractivity contribution in [2.75, 3.05) is 17.1 Å². The first-order valence-electron chi connectivity index (χ1n) is 10.5. The standard InChI is InChI=1S/C23H17ClF3N5OS.CH5N/c24-16-8-4-14(5-9-16)13-34-32-17-10-6-15(7-11-17)21-18(12-33)22(31-30-21)29-20-3-1-2-19(28-20)23(25,26)27;1-2/h1-12,32H,13H2,(H2,28,29,30,31);2H2,1H3. The Morgan fingerprint density at radius 3 is 2.39 bits per heavy atom. The molecule has 0 bridgehead atoms. The van der Waals surface area contributed by atoms with E-state index < -0.39 is 11.9 Å². The maximum absolute atomic E-state index is 12.9. The maximum Gasteiger partial charge on any atom is 0.433 e. The summed E-state index contributed by atoms with van der Waals surface area (Å²) < 4.78 is 42.0. The minimum absolute atomic E-state index is 0.0757. The summed E-state index contributed by atoms with van der Waals surface area (Å²) in [6.45, 7) is 0. The number of aldehydes is 1. The second-order valence-corrected chi connectivity index (χ2v) is 8.32. The second-order valence-electron chi connectivity index (χ2n) is 7.10. The lowest BCUT2D eigenvalue weighted by atomic mass is 10.1. The van der Waals surface area contributed by atoms with Crippen LogP contribution in [-0.4, -0.2) is 28.5 Å². The Kier molecular flexibility index (Phi) is 9.34. The van der Waals surface area contributed by atoms with Crippen LogP contribution in [0.3, 0.4) is 0 Å². The lowest BCUT2D eigenvalue weighted by Crippen LogP contribution is -2.09. The molecular weight excluding hydrogens is 513 g/mol. The molecule has 0 aliphatic rings. The van der Waals surface area contributed by atoms with Gasteiger partial charge in [0.2, 0.25) is 0 Å². The summed E-state index contributed by atoms with van der Waals surface area (Å²) in [5, 5.41) is 10.2. The Balaban J connectivity index is 0.00000176. The maximum atomic E-state index is 12.9. The minimum Gasteiger partial charge on any atom is -0.333 e. The Labute approximate surface area is 214 Å². The fourth-order valence-corrected chi connectivity index (χ4v) is 3.91. The molecule has 188 valence electrons. The zero-order chi connectivity index (χ0) is 26.1. The highest BCUT2D eigenvalue weighted by Crippen LogP contribution is 2.31. The number of nitrogens with zero attached hydrogens (tertiary/aromatic N) is 2. The van der Waals surface area contributed by atoms with Crippen molar-refractivity contribution < 1.29 is 18.0 Å². The number of rotatable bonds is 8. The van der Waals surface area contributed by atoms with Crippen molar-refractivity contribution >= 4 is 47.2 Å². The van der Waals surface area contributed by atoms with Gasteiger partial charge in [0.25, 0.3) is 0 Å². The monoisotopic (exact) mass is 534 g/mol. The summed E-state index contributed by atoms with van der Waals surface area (Å²) in [7, 11) is 1.50. The van der Waals surface area contributed by atoms with Gasteiger partial charge in [-0.25, -0.2) is 4.98 Å². The molecule has 0 saturated heterocycles. The number of nitrogens with one attached hydrogen (secondary N) is 3. The number of halogens is 4. The average molecular weight is 535 g/mol. The molecule has 2 heterocycles. The van der Waals surface area contributed by atoms with E-state index in [1.165, 1.54) is 31.1 Å². The highest BCUT2D eigenvalue weighted by molar-refractivity contribution is 7.99. The first-order chi connectivity index (χ1) is 17.3. The van der Waals surface area contributed by atoms with Crippen molar-refractivity contribution in [2.45, 2.75) is 11.9 Å². The molecule has 0 unspecified atom stereocenters. The molecule has 0 atom stereocenters. The molecule has 7 nitrogen and oxygen atoms in total. The van der Waals surface area contributed by atoms with Crippen molar-refractivity contribution in [1.82, 2.24) is 15.2 Å².